The molecule has 0 bridgehead atoms. The van der Waals surface area contributed by atoms with E-state index < -0.39 is 0 Å². The van der Waals surface area contributed by atoms with Gasteiger partial charge in [0.1, 0.15) is 0 Å². The summed E-state index contributed by atoms with van der Waals surface area (Å²) in [6, 6.07) is 0.417. The van der Waals surface area contributed by atoms with Crippen LogP contribution in [0.2, 0.25) is 0 Å². The molecule has 2 N–H and O–H groups in total. The van der Waals surface area contributed by atoms with Crippen LogP contribution in [0.15, 0.2) is 0 Å². The minimum atomic E-state index is 0.0827. The Kier molecular flexibility index (Phi) is 3.83. The van der Waals surface area contributed by atoms with Crippen molar-refractivity contribution in [3.8, 4) is 0 Å². The molecule has 0 aromatic heterocycles. The molecule has 0 rings (SSSR count). The molecule has 0 aromatic carbocycles. The fourth-order valence-electron chi connectivity index (χ4n) is 0.380. The van der Waals surface area contributed by atoms with Crippen molar-refractivity contribution in [1.82, 2.24) is 5.32 Å². The van der Waals surface area contributed by atoms with Gasteiger partial charge >= 0.3 is 0 Å². The molecule has 0 fully saturated rings. The molecule has 0 amide bonds. The Morgan fingerprint density at radius 3 is 2.00 bits per heavy atom. The number of hydrogen-bond donors (Lipinski definition) is 2. The molecule has 50 valence electrons. The lowest BCUT2D eigenvalue weighted by molar-refractivity contribution is 0.229. The summed E-state index contributed by atoms with van der Waals surface area (Å²) in [6.07, 6.45) is 0. The summed E-state index contributed by atoms with van der Waals surface area (Å²) in [4.78, 5) is 0. The maximum atomic E-state index is 8.37. The van der Waals surface area contributed by atoms with Crippen molar-refractivity contribution in [3.05, 3.63) is 0 Å². The largest absolute Gasteiger partial charge is 0.381 e. The Bertz CT molecular complexity index is 54.5. The Morgan fingerprint density at radius 1 is 1.38 bits per heavy atom. The van der Waals surface area contributed by atoms with Crippen molar-refractivity contribution in [2.24, 2.45) is 5.92 Å². The number of rotatable bonds is 3. The standard InChI is InChI=1S/C6H15NO/c1-5(2)6(3)7-4-8/h5-8H,4H2,1-3H3. The SMILES string of the molecule is CC(C)C(C)NCO. The van der Waals surface area contributed by atoms with Gasteiger partial charge in [0.25, 0.3) is 0 Å². The Labute approximate surface area is 50.9 Å². The number of aliphatic hydroxyl groups excluding tert-OH is 1. The second-order valence-corrected chi connectivity index (χ2v) is 2.39. The van der Waals surface area contributed by atoms with E-state index in [9.17, 15) is 0 Å². The zero-order valence-electron chi connectivity index (χ0n) is 5.81. The Morgan fingerprint density at radius 2 is 1.88 bits per heavy atom. The van der Waals surface area contributed by atoms with Crippen molar-refractivity contribution in [3.63, 3.8) is 0 Å². The second kappa shape index (κ2) is 3.87. The van der Waals surface area contributed by atoms with E-state index in [1.54, 1.807) is 0 Å². The van der Waals surface area contributed by atoms with Crippen LogP contribution in [0.25, 0.3) is 0 Å². The number of nitrogens with one attached hydrogen (secondary N) is 1. The van der Waals surface area contributed by atoms with E-state index >= 15 is 0 Å². The van der Waals surface area contributed by atoms with E-state index in [1.807, 2.05) is 0 Å². The zero-order valence-corrected chi connectivity index (χ0v) is 5.81. The molecule has 0 saturated carbocycles. The molecule has 2 heteroatoms. The molecular formula is C6H15NO. The van der Waals surface area contributed by atoms with E-state index in [0.717, 1.165) is 0 Å². The van der Waals surface area contributed by atoms with Crippen LogP contribution < -0.4 is 5.32 Å². The van der Waals surface area contributed by atoms with Crippen LogP contribution in [-0.2, 0) is 0 Å². The average molecular weight is 117 g/mol. The summed E-state index contributed by atoms with van der Waals surface area (Å²) in [7, 11) is 0. The monoisotopic (exact) mass is 117 g/mol. The van der Waals surface area contributed by atoms with Crippen LogP contribution in [0.5, 0.6) is 0 Å². The van der Waals surface area contributed by atoms with Gasteiger partial charge in [0.05, 0.1) is 6.73 Å². The highest BCUT2D eigenvalue weighted by Gasteiger charge is 2.02. The van der Waals surface area contributed by atoms with Gasteiger partial charge in [-0.2, -0.15) is 0 Å². The first kappa shape index (κ1) is 7.92. The highest BCUT2D eigenvalue weighted by molar-refractivity contribution is 4.60. The van der Waals surface area contributed by atoms with Crippen LogP contribution in [-0.4, -0.2) is 17.9 Å². The Hall–Kier alpha value is -0.0800. The molecule has 1 unspecified atom stereocenters. The molecule has 0 saturated heterocycles. The molecule has 1 atom stereocenters. The third-order valence-corrected chi connectivity index (χ3v) is 1.41. The highest BCUT2D eigenvalue weighted by atomic mass is 16.3. The predicted octanol–water partition coefficient (Wildman–Crippen LogP) is 0.570. The van der Waals surface area contributed by atoms with E-state index in [4.69, 9.17) is 5.11 Å². The molecule has 0 aromatic rings. The van der Waals surface area contributed by atoms with Crippen LogP contribution in [0.3, 0.4) is 0 Å². The van der Waals surface area contributed by atoms with Gasteiger partial charge in [-0.05, 0) is 12.8 Å². The topological polar surface area (TPSA) is 32.3 Å². The lowest BCUT2D eigenvalue weighted by atomic mass is 10.1. The minimum absolute atomic E-state index is 0.0827. The molecule has 8 heavy (non-hydrogen) atoms. The molecule has 0 radical (unpaired) electrons. The minimum Gasteiger partial charge on any atom is -0.381 e. The second-order valence-electron chi connectivity index (χ2n) is 2.39. The maximum Gasteiger partial charge on any atom is 0.0933 e. The van der Waals surface area contributed by atoms with Crippen molar-refractivity contribution < 1.29 is 5.11 Å². The highest BCUT2D eigenvalue weighted by Crippen LogP contribution is 1.97. The van der Waals surface area contributed by atoms with Gasteiger partial charge < -0.3 is 5.11 Å². The Balaban J connectivity index is 3.17. The van der Waals surface area contributed by atoms with Crippen LogP contribution >= 0.6 is 0 Å². The third kappa shape index (κ3) is 2.99. The summed E-state index contributed by atoms with van der Waals surface area (Å²) in [5.41, 5.74) is 0. The quantitative estimate of drug-likeness (QED) is 0.530. The van der Waals surface area contributed by atoms with E-state index in [-0.39, 0.29) is 6.73 Å². The lowest BCUT2D eigenvalue weighted by Gasteiger charge is -2.14. The fraction of sp³-hybridized carbons (Fsp3) is 1.00. The molecule has 2 nitrogen and oxygen atoms in total. The van der Waals surface area contributed by atoms with Crippen molar-refractivity contribution in [2.75, 3.05) is 6.73 Å². The summed E-state index contributed by atoms with van der Waals surface area (Å²) in [6.45, 7) is 6.38. The molecule has 0 spiro atoms. The average Bonchev–Trinajstić information content (AvgIpc) is 1.67. The zero-order chi connectivity index (χ0) is 6.57. The van der Waals surface area contributed by atoms with E-state index in [1.165, 1.54) is 0 Å². The predicted molar refractivity (Wildman–Crippen MR) is 34.5 cm³/mol. The van der Waals surface area contributed by atoms with Gasteiger partial charge in [-0.3, -0.25) is 5.32 Å². The van der Waals surface area contributed by atoms with Crippen molar-refractivity contribution in [1.29, 1.82) is 0 Å². The summed E-state index contributed by atoms with van der Waals surface area (Å²) in [5, 5.41) is 11.3. The molecular weight excluding hydrogens is 102 g/mol. The van der Waals surface area contributed by atoms with Gasteiger partial charge in [-0.15, -0.1) is 0 Å². The van der Waals surface area contributed by atoms with Crippen molar-refractivity contribution >= 4 is 0 Å². The lowest BCUT2D eigenvalue weighted by Crippen LogP contribution is -2.31. The first-order valence-electron chi connectivity index (χ1n) is 3.02. The fourth-order valence-corrected chi connectivity index (χ4v) is 0.380. The van der Waals surface area contributed by atoms with E-state index in [2.05, 4.69) is 26.1 Å². The van der Waals surface area contributed by atoms with Gasteiger partial charge in [-0.1, -0.05) is 13.8 Å². The molecule has 0 heterocycles. The number of hydrogen-bond acceptors (Lipinski definition) is 2. The number of aliphatic hydroxyl groups is 1. The summed E-state index contributed by atoms with van der Waals surface area (Å²) < 4.78 is 0. The van der Waals surface area contributed by atoms with Crippen molar-refractivity contribution in [2.45, 2.75) is 26.8 Å². The third-order valence-electron chi connectivity index (χ3n) is 1.41. The van der Waals surface area contributed by atoms with Gasteiger partial charge in [-0.25, -0.2) is 0 Å². The summed E-state index contributed by atoms with van der Waals surface area (Å²) >= 11 is 0. The molecule has 0 aliphatic rings. The van der Waals surface area contributed by atoms with Gasteiger partial charge in [0, 0.05) is 6.04 Å². The first-order valence-corrected chi connectivity index (χ1v) is 3.02. The van der Waals surface area contributed by atoms with Gasteiger partial charge in [0.2, 0.25) is 0 Å². The van der Waals surface area contributed by atoms with E-state index in [0.29, 0.717) is 12.0 Å². The maximum absolute atomic E-state index is 8.37. The first-order chi connectivity index (χ1) is 3.68. The van der Waals surface area contributed by atoms with Gasteiger partial charge in [0.15, 0.2) is 0 Å². The normalized spacial score (nSPS) is 14.6. The smallest absolute Gasteiger partial charge is 0.0933 e. The molecule has 0 aliphatic heterocycles. The summed E-state index contributed by atoms with van der Waals surface area (Å²) in [5.74, 6) is 0.599. The molecule has 0 aliphatic carbocycles. The van der Waals surface area contributed by atoms with Crippen LogP contribution in [0.4, 0.5) is 0 Å². The van der Waals surface area contributed by atoms with Crippen LogP contribution in [0, 0.1) is 5.92 Å². The van der Waals surface area contributed by atoms with Crippen LogP contribution in [0.1, 0.15) is 20.8 Å².